The van der Waals surface area contributed by atoms with E-state index in [1.807, 2.05) is 18.2 Å². The van der Waals surface area contributed by atoms with Crippen molar-refractivity contribution in [1.82, 2.24) is 14.6 Å². The highest BCUT2D eigenvalue weighted by Crippen LogP contribution is 2.18. The number of anilines is 1. The number of carbonyl (C=O) groups excluding carboxylic acids is 1. The van der Waals surface area contributed by atoms with Crippen LogP contribution in [0.3, 0.4) is 0 Å². The Hall–Kier alpha value is -2.49. The largest absolute Gasteiger partial charge is 0.377 e. The van der Waals surface area contributed by atoms with E-state index in [2.05, 4.69) is 14.6 Å². The lowest BCUT2D eigenvalue weighted by Crippen LogP contribution is -2.49. The zero-order valence-electron chi connectivity index (χ0n) is 16.7. The van der Waals surface area contributed by atoms with Gasteiger partial charge >= 0.3 is 0 Å². The number of carbonyl (C=O) groups is 1. The van der Waals surface area contributed by atoms with E-state index in [1.54, 1.807) is 23.2 Å². The molecule has 2 aliphatic rings. The van der Waals surface area contributed by atoms with Gasteiger partial charge in [0.1, 0.15) is 5.82 Å². The van der Waals surface area contributed by atoms with Crippen LogP contribution in [0.4, 0.5) is 5.82 Å². The standard InChI is InChI=1S/C21H26N4O4S/c26-21(25-12-10-24(11-13-25)20-8-1-2-9-22-20)17-5-3-7-19(15-17)30(27,28)23-16-18-6-4-14-29-18/h1-3,5,7-9,15,18,23H,4,6,10-14,16H2. The molecule has 8 nitrogen and oxygen atoms in total. The third kappa shape index (κ3) is 4.80. The van der Waals surface area contributed by atoms with E-state index in [-0.39, 0.29) is 23.5 Å². The number of ether oxygens (including phenoxy) is 1. The highest BCUT2D eigenvalue weighted by atomic mass is 32.2. The number of rotatable bonds is 6. The van der Waals surface area contributed by atoms with Crippen LogP contribution in [0.15, 0.2) is 53.6 Å². The van der Waals surface area contributed by atoms with E-state index in [1.165, 1.54) is 12.1 Å². The van der Waals surface area contributed by atoms with Crippen LogP contribution in [-0.2, 0) is 14.8 Å². The van der Waals surface area contributed by atoms with Crippen LogP contribution >= 0.6 is 0 Å². The first kappa shape index (κ1) is 20.8. The highest BCUT2D eigenvalue weighted by Gasteiger charge is 2.25. The number of amides is 1. The number of pyridine rings is 1. The van der Waals surface area contributed by atoms with Crippen LogP contribution in [0.2, 0.25) is 0 Å². The zero-order valence-corrected chi connectivity index (χ0v) is 17.6. The Balaban J connectivity index is 1.39. The lowest BCUT2D eigenvalue weighted by atomic mass is 10.2. The summed E-state index contributed by atoms with van der Waals surface area (Å²) in [7, 11) is -3.70. The quantitative estimate of drug-likeness (QED) is 0.747. The summed E-state index contributed by atoms with van der Waals surface area (Å²) in [5.74, 6) is 0.738. The van der Waals surface area contributed by atoms with Crippen LogP contribution in [0.5, 0.6) is 0 Å². The summed E-state index contributed by atoms with van der Waals surface area (Å²) in [6, 6.07) is 12.0. The molecule has 3 heterocycles. The third-order valence-corrected chi connectivity index (χ3v) is 6.88. The van der Waals surface area contributed by atoms with E-state index in [0.29, 0.717) is 38.3 Å². The molecule has 0 bridgehead atoms. The Kier molecular flexibility index (Phi) is 6.31. The van der Waals surface area contributed by atoms with Gasteiger partial charge in [0.25, 0.3) is 5.91 Å². The third-order valence-electron chi connectivity index (χ3n) is 5.46. The smallest absolute Gasteiger partial charge is 0.254 e. The number of nitrogens with one attached hydrogen (secondary N) is 1. The molecule has 0 radical (unpaired) electrons. The van der Waals surface area contributed by atoms with Gasteiger partial charge in [-0.05, 0) is 43.2 Å². The molecule has 2 aliphatic heterocycles. The number of sulfonamides is 1. The van der Waals surface area contributed by atoms with Gasteiger partial charge in [0.2, 0.25) is 10.0 Å². The minimum absolute atomic E-state index is 0.0833. The molecule has 2 saturated heterocycles. The van der Waals surface area contributed by atoms with Crippen molar-refractivity contribution in [3.05, 3.63) is 54.2 Å². The van der Waals surface area contributed by atoms with Crippen molar-refractivity contribution < 1.29 is 17.9 Å². The monoisotopic (exact) mass is 430 g/mol. The van der Waals surface area contributed by atoms with Gasteiger partial charge in [-0.3, -0.25) is 4.79 Å². The second-order valence-electron chi connectivity index (χ2n) is 7.48. The maximum absolute atomic E-state index is 12.9. The van der Waals surface area contributed by atoms with E-state index in [9.17, 15) is 13.2 Å². The van der Waals surface area contributed by atoms with E-state index in [4.69, 9.17) is 4.74 Å². The van der Waals surface area contributed by atoms with Gasteiger partial charge in [-0.1, -0.05) is 12.1 Å². The Bertz CT molecular complexity index is 970. The van der Waals surface area contributed by atoms with Crippen molar-refractivity contribution in [2.45, 2.75) is 23.8 Å². The fourth-order valence-corrected chi connectivity index (χ4v) is 4.86. The van der Waals surface area contributed by atoms with Crippen molar-refractivity contribution in [3.63, 3.8) is 0 Å². The average Bonchev–Trinajstić information content (AvgIpc) is 3.32. The van der Waals surface area contributed by atoms with Gasteiger partial charge < -0.3 is 14.5 Å². The lowest BCUT2D eigenvalue weighted by Gasteiger charge is -2.35. The molecule has 160 valence electrons. The number of hydrogen-bond donors (Lipinski definition) is 1. The summed E-state index contributed by atoms with van der Waals surface area (Å²) in [5, 5.41) is 0. The molecule has 4 rings (SSSR count). The van der Waals surface area contributed by atoms with Crippen LogP contribution < -0.4 is 9.62 Å². The minimum Gasteiger partial charge on any atom is -0.377 e. The summed E-state index contributed by atoms with van der Waals surface area (Å²) in [6.07, 6.45) is 3.47. The summed E-state index contributed by atoms with van der Waals surface area (Å²) >= 11 is 0. The van der Waals surface area contributed by atoms with Crippen LogP contribution in [0.1, 0.15) is 23.2 Å². The average molecular weight is 431 g/mol. The second-order valence-corrected chi connectivity index (χ2v) is 9.25. The molecular weight excluding hydrogens is 404 g/mol. The molecule has 0 aliphatic carbocycles. The maximum Gasteiger partial charge on any atom is 0.254 e. The Morgan fingerprint density at radius 2 is 1.97 bits per heavy atom. The first-order valence-electron chi connectivity index (χ1n) is 10.2. The Morgan fingerprint density at radius 3 is 2.67 bits per heavy atom. The summed E-state index contributed by atoms with van der Waals surface area (Å²) < 4.78 is 33.3. The molecule has 1 aromatic heterocycles. The highest BCUT2D eigenvalue weighted by molar-refractivity contribution is 7.89. The molecule has 30 heavy (non-hydrogen) atoms. The van der Waals surface area contributed by atoms with Gasteiger partial charge in [-0.15, -0.1) is 0 Å². The molecule has 2 aromatic rings. The first-order valence-corrected chi connectivity index (χ1v) is 11.7. The molecule has 2 fully saturated rings. The molecule has 1 amide bonds. The van der Waals surface area contributed by atoms with Crippen molar-refractivity contribution >= 4 is 21.7 Å². The number of hydrogen-bond acceptors (Lipinski definition) is 6. The number of benzene rings is 1. The van der Waals surface area contributed by atoms with E-state index in [0.717, 1.165) is 18.7 Å². The maximum atomic E-state index is 12.9. The molecular formula is C21H26N4O4S. The van der Waals surface area contributed by atoms with E-state index < -0.39 is 10.0 Å². The van der Waals surface area contributed by atoms with Gasteiger partial charge in [-0.25, -0.2) is 18.1 Å². The molecule has 0 spiro atoms. The Labute approximate surface area is 176 Å². The number of piperazine rings is 1. The second kappa shape index (κ2) is 9.11. The summed E-state index contributed by atoms with van der Waals surface area (Å²) in [6.45, 7) is 3.40. The normalized spacial score (nSPS) is 19.8. The predicted octanol–water partition coefficient (Wildman–Crippen LogP) is 1.50. The topological polar surface area (TPSA) is 91.8 Å². The first-order chi connectivity index (χ1) is 14.5. The van der Waals surface area contributed by atoms with Crippen molar-refractivity contribution in [3.8, 4) is 0 Å². The van der Waals surface area contributed by atoms with Gasteiger partial charge in [0, 0.05) is 51.1 Å². The molecule has 1 unspecified atom stereocenters. The number of aromatic nitrogens is 1. The minimum atomic E-state index is -3.70. The molecule has 1 atom stereocenters. The SMILES string of the molecule is O=C(c1cccc(S(=O)(=O)NCC2CCCO2)c1)N1CCN(c2ccccn2)CC1. The van der Waals surface area contributed by atoms with Crippen LogP contribution in [0.25, 0.3) is 0 Å². The number of nitrogens with zero attached hydrogens (tertiary/aromatic N) is 3. The molecule has 9 heteroatoms. The lowest BCUT2D eigenvalue weighted by molar-refractivity contribution is 0.0746. The molecule has 0 saturated carbocycles. The van der Waals surface area contributed by atoms with Crippen LogP contribution in [-0.4, -0.2) is 69.6 Å². The van der Waals surface area contributed by atoms with E-state index >= 15 is 0 Å². The molecule has 1 aromatic carbocycles. The van der Waals surface area contributed by atoms with Crippen LogP contribution in [0, 0.1) is 0 Å². The van der Waals surface area contributed by atoms with Gasteiger partial charge in [0.15, 0.2) is 0 Å². The van der Waals surface area contributed by atoms with Crippen molar-refractivity contribution in [2.75, 3.05) is 44.2 Å². The predicted molar refractivity (Wildman–Crippen MR) is 113 cm³/mol. The molecule has 1 N–H and O–H groups in total. The zero-order chi connectivity index (χ0) is 21.0. The van der Waals surface area contributed by atoms with Crippen molar-refractivity contribution in [2.24, 2.45) is 0 Å². The fraction of sp³-hybridized carbons (Fsp3) is 0.429. The Morgan fingerprint density at radius 1 is 1.13 bits per heavy atom. The van der Waals surface area contributed by atoms with Crippen molar-refractivity contribution in [1.29, 1.82) is 0 Å². The van der Waals surface area contributed by atoms with Gasteiger partial charge in [0.05, 0.1) is 11.0 Å². The summed E-state index contributed by atoms with van der Waals surface area (Å²) in [4.78, 5) is 21.3. The fourth-order valence-electron chi connectivity index (χ4n) is 3.75. The van der Waals surface area contributed by atoms with Gasteiger partial charge in [-0.2, -0.15) is 0 Å². The summed E-state index contributed by atoms with van der Waals surface area (Å²) in [5.41, 5.74) is 0.376.